The number of nitrogens with zero attached hydrogens (tertiary/aromatic N) is 2. The summed E-state index contributed by atoms with van der Waals surface area (Å²) < 4.78 is 38.5. The van der Waals surface area contributed by atoms with Crippen molar-refractivity contribution in [1.82, 2.24) is 15.1 Å². The summed E-state index contributed by atoms with van der Waals surface area (Å²) in [6.07, 6.45) is -3.43. The Morgan fingerprint density at radius 1 is 1.39 bits per heavy atom. The van der Waals surface area contributed by atoms with Gasteiger partial charge in [0.05, 0.1) is 11.7 Å². The van der Waals surface area contributed by atoms with E-state index in [2.05, 4.69) is 10.4 Å². The number of hydrogen-bond acceptors (Lipinski definition) is 3. The molecule has 1 aromatic rings. The van der Waals surface area contributed by atoms with Gasteiger partial charge in [-0.25, -0.2) is 0 Å². The van der Waals surface area contributed by atoms with Crippen molar-refractivity contribution in [2.75, 3.05) is 0 Å². The lowest BCUT2D eigenvalue weighted by Crippen LogP contribution is -2.45. The molecule has 23 heavy (non-hydrogen) atoms. The molecule has 0 aliphatic rings. The van der Waals surface area contributed by atoms with Crippen LogP contribution in [0.25, 0.3) is 0 Å². The molecule has 2 N–H and O–H groups in total. The lowest BCUT2D eigenvalue weighted by molar-refractivity contribution is -0.143. The summed E-state index contributed by atoms with van der Waals surface area (Å²) in [5, 5.41) is 16.7. The normalized spacial score (nSPS) is 16.0. The molecule has 0 fully saturated rings. The Morgan fingerprint density at radius 3 is 2.43 bits per heavy atom. The summed E-state index contributed by atoms with van der Waals surface area (Å²) in [5.74, 6) is -0.547. The molecule has 0 bridgehead atoms. The van der Waals surface area contributed by atoms with E-state index in [-0.39, 0.29) is 0 Å². The van der Waals surface area contributed by atoms with Gasteiger partial charge in [-0.3, -0.25) is 9.48 Å². The monoisotopic (exact) mass is 335 g/mol. The molecule has 1 aromatic heterocycles. The fourth-order valence-corrected chi connectivity index (χ4v) is 2.69. The number of carbonyl (C=O) groups is 1. The van der Waals surface area contributed by atoms with Gasteiger partial charge in [-0.1, -0.05) is 13.3 Å². The molecular formula is C15H24F3N3O2. The molecule has 0 aliphatic heterocycles. The van der Waals surface area contributed by atoms with Crippen LogP contribution in [0.1, 0.15) is 56.6 Å². The van der Waals surface area contributed by atoms with Gasteiger partial charge in [0.15, 0.2) is 0 Å². The van der Waals surface area contributed by atoms with Gasteiger partial charge in [0.1, 0.15) is 12.1 Å². The number of alkyl halides is 3. The number of rotatable bonds is 6. The Morgan fingerprint density at radius 2 is 1.96 bits per heavy atom. The Hall–Kier alpha value is -1.57. The first kappa shape index (κ1) is 19.5. The third-order valence-electron chi connectivity index (χ3n) is 3.77. The molecule has 2 atom stereocenters. The number of aliphatic hydroxyl groups is 1. The molecule has 132 valence electrons. The van der Waals surface area contributed by atoms with Gasteiger partial charge in [-0.2, -0.15) is 18.3 Å². The minimum atomic E-state index is -4.36. The Labute approximate surface area is 133 Å². The second-order valence-electron chi connectivity index (χ2n) is 6.08. The number of halogens is 3. The lowest BCUT2D eigenvalue weighted by Gasteiger charge is -2.24. The van der Waals surface area contributed by atoms with Crippen LogP contribution in [0, 0.1) is 13.8 Å². The van der Waals surface area contributed by atoms with Gasteiger partial charge in [-0.15, -0.1) is 0 Å². The predicted octanol–water partition coefficient (Wildman–Crippen LogP) is 2.79. The molecule has 1 rings (SSSR count). The maximum absolute atomic E-state index is 12.6. The highest BCUT2D eigenvalue weighted by atomic mass is 19.4. The van der Waals surface area contributed by atoms with Crippen molar-refractivity contribution in [3.63, 3.8) is 0 Å². The van der Waals surface area contributed by atoms with E-state index in [1.165, 1.54) is 13.8 Å². The maximum atomic E-state index is 12.6. The molecule has 0 saturated carbocycles. The number of carbonyl (C=O) groups excluding carboxylic acids is 1. The Bertz CT molecular complexity index is 565. The molecule has 0 aliphatic carbocycles. The highest BCUT2D eigenvalue weighted by Crippen LogP contribution is 2.25. The first-order valence-electron chi connectivity index (χ1n) is 7.53. The third kappa shape index (κ3) is 4.95. The van der Waals surface area contributed by atoms with Crippen LogP contribution >= 0.6 is 0 Å². The molecule has 2 unspecified atom stereocenters. The zero-order chi connectivity index (χ0) is 18.0. The van der Waals surface area contributed by atoms with E-state index in [1.807, 2.05) is 6.92 Å². The summed E-state index contributed by atoms with van der Waals surface area (Å²) in [6.45, 7) is 6.89. The number of hydrogen-bond donors (Lipinski definition) is 2. The summed E-state index contributed by atoms with van der Waals surface area (Å²) in [4.78, 5) is 12.1. The van der Waals surface area contributed by atoms with Gasteiger partial charge in [0, 0.05) is 11.3 Å². The minimum Gasteiger partial charge on any atom is -0.380 e. The fraction of sp³-hybridized carbons (Fsp3) is 0.733. The summed E-state index contributed by atoms with van der Waals surface area (Å²) in [6, 6.07) is -0.548. The molecule has 0 aromatic carbocycles. The van der Waals surface area contributed by atoms with Crippen molar-refractivity contribution in [1.29, 1.82) is 0 Å². The second-order valence-corrected chi connectivity index (χ2v) is 6.08. The molecule has 0 saturated heterocycles. The van der Waals surface area contributed by atoms with E-state index in [0.29, 0.717) is 29.8 Å². The second kappa shape index (κ2) is 6.90. The van der Waals surface area contributed by atoms with E-state index in [4.69, 9.17) is 0 Å². The lowest BCUT2D eigenvalue weighted by atomic mass is 9.98. The first-order chi connectivity index (χ1) is 10.4. The number of aromatic nitrogens is 2. The molecule has 1 amide bonds. The molecule has 0 radical (unpaired) electrons. The quantitative estimate of drug-likeness (QED) is 0.840. The van der Waals surface area contributed by atoms with E-state index in [1.54, 1.807) is 13.8 Å². The van der Waals surface area contributed by atoms with Crippen LogP contribution in [-0.4, -0.2) is 32.6 Å². The first-order valence-corrected chi connectivity index (χ1v) is 7.53. The van der Waals surface area contributed by atoms with Crippen LogP contribution in [0.4, 0.5) is 13.2 Å². The molecular weight excluding hydrogens is 311 g/mol. The number of aryl methyl sites for hydroxylation is 1. The van der Waals surface area contributed by atoms with Gasteiger partial charge >= 0.3 is 6.18 Å². The van der Waals surface area contributed by atoms with Crippen LogP contribution in [0.3, 0.4) is 0 Å². The van der Waals surface area contributed by atoms with Gasteiger partial charge in [0.2, 0.25) is 0 Å². The average molecular weight is 335 g/mol. The summed E-state index contributed by atoms with van der Waals surface area (Å²) in [7, 11) is 0. The molecule has 8 heteroatoms. The van der Waals surface area contributed by atoms with Crippen molar-refractivity contribution < 1.29 is 23.1 Å². The standard InChI is InChI=1S/C15H24F3N3O2/c1-6-7-14(5,23)13(22)19-9(2)12-10(3)20-21(11(12)4)8-15(16,17)18/h9,23H,6-8H2,1-5H3,(H,19,22). The molecule has 0 spiro atoms. The topological polar surface area (TPSA) is 67.2 Å². The number of amides is 1. The van der Waals surface area contributed by atoms with Gasteiger partial charge in [-0.05, 0) is 34.1 Å². The maximum Gasteiger partial charge on any atom is 0.408 e. The Kier molecular flexibility index (Phi) is 5.84. The van der Waals surface area contributed by atoms with E-state index in [0.717, 1.165) is 4.68 Å². The van der Waals surface area contributed by atoms with Crippen molar-refractivity contribution in [2.24, 2.45) is 0 Å². The zero-order valence-electron chi connectivity index (χ0n) is 14.1. The predicted molar refractivity (Wildman–Crippen MR) is 79.8 cm³/mol. The third-order valence-corrected chi connectivity index (χ3v) is 3.77. The van der Waals surface area contributed by atoms with E-state index in [9.17, 15) is 23.1 Å². The SMILES string of the molecule is CCCC(C)(O)C(=O)NC(C)c1c(C)nn(CC(F)(F)F)c1C. The van der Waals surface area contributed by atoms with Crippen molar-refractivity contribution >= 4 is 5.91 Å². The molecule has 1 heterocycles. The Balaban J connectivity index is 2.97. The van der Waals surface area contributed by atoms with Gasteiger partial charge < -0.3 is 10.4 Å². The van der Waals surface area contributed by atoms with Crippen molar-refractivity contribution in [2.45, 2.75) is 71.8 Å². The van der Waals surface area contributed by atoms with Crippen LogP contribution in [0.2, 0.25) is 0 Å². The van der Waals surface area contributed by atoms with Crippen LogP contribution in [-0.2, 0) is 11.3 Å². The van der Waals surface area contributed by atoms with Crippen LogP contribution < -0.4 is 5.32 Å². The van der Waals surface area contributed by atoms with E-state index >= 15 is 0 Å². The van der Waals surface area contributed by atoms with Gasteiger partial charge in [0.25, 0.3) is 5.91 Å². The fourth-order valence-electron chi connectivity index (χ4n) is 2.69. The van der Waals surface area contributed by atoms with Crippen LogP contribution in [0.15, 0.2) is 0 Å². The summed E-state index contributed by atoms with van der Waals surface area (Å²) in [5.41, 5.74) is -0.195. The van der Waals surface area contributed by atoms with Crippen molar-refractivity contribution in [3.8, 4) is 0 Å². The van der Waals surface area contributed by atoms with Crippen molar-refractivity contribution in [3.05, 3.63) is 17.0 Å². The highest BCUT2D eigenvalue weighted by Gasteiger charge is 2.33. The highest BCUT2D eigenvalue weighted by molar-refractivity contribution is 5.84. The van der Waals surface area contributed by atoms with E-state index < -0.39 is 30.3 Å². The molecule has 5 nitrogen and oxygen atoms in total. The largest absolute Gasteiger partial charge is 0.408 e. The summed E-state index contributed by atoms with van der Waals surface area (Å²) >= 11 is 0. The number of nitrogens with one attached hydrogen (secondary N) is 1. The average Bonchev–Trinajstić information content (AvgIpc) is 2.61. The smallest absolute Gasteiger partial charge is 0.380 e. The van der Waals surface area contributed by atoms with Crippen LogP contribution in [0.5, 0.6) is 0 Å². The minimum absolute atomic E-state index is 0.302. The zero-order valence-corrected chi connectivity index (χ0v) is 14.1.